The summed E-state index contributed by atoms with van der Waals surface area (Å²) in [6.07, 6.45) is 21.0. The van der Waals surface area contributed by atoms with E-state index in [1.807, 2.05) is 0 Å². The summed E-state index contributed by atoms with van der Waals surface area (Å²) < 4.78 is 0. The molecule has 0 amide bonds. The van der Waals surface area contributed by atoms with Crippen molar-refractivity contribution in [3.05, 3.63) is 0 Å². The molecule has 0 N–H and O–H groups in total. The Kier molecular flexibility index (Phi) is 64.8. The molecular formula is C46H108S. The second kappa shape index (κ2) is 46.4. The normalized spacial score (nSPS) is 13.6. The van der Waals surface area contributed by atoms with Gasteiger partial charge in [0, 0.05) is 0 Å². The fourth-order valence-corrected chi connectivity index (χ4v) is 6.49. The van der Waals surface area contributed by atoms with Crippen molar-refractivity contribution in [3.63, 3.8) is 0 Å². The predicted molar refractivity (Wildman–Crippen MR) is 237 cm³/mol. The molecule has 298 valence electrons. The highest BCUT2D eigenvalue weighted by Crippen LogP contribution is 2.26. The predicted octanol–water partition coefficient (Wildman–Crippen LogP) is 18.3. The van der Waals surface area contributed by atoms with Gasteiger partial charge in [-0.2, -0.15) is 13.5 Å². The van der Waals surface area contributed by atoms with Gasteiger partial charge in [0.1, 0.15) is 0 Å². The van der Waals surface area contributed by atoms with E-state index in [2.05, 4.69) is 125 Å². The summed E-state index contributed by atoms with van der Waals surface area (Å²) in [4.78, 5) is 0. The van der Waals surface area contributed by atoms with Gasteiger partial charge in [-0.15, -0.1) is 0 Å². The van der Waals surface area contributed by atoms with Crippen molar-refractivity contribution in [2.75, 3.05) is 0 Å². The number of hydrogen-bond donors (Lipinski definition) is 0. The first-order valence-electron chi connectivity index (χ1n) is 19.9. The van der Waals surface area contributed by atoms with Crippen molar-refractivity contribution in [2.24, 2.45) is 59.2 Å². The first-order chi connectivity index (χ1) is 19.9. The molecule has 47 heavy (non-hydrogen) atoms. The van der Waals surface area contributed by atoms with Gasteiger partial charge in [-0.3, -0.25) is 0 Å². The van der Waals surface area contributed by atoms with Crippen molar-refractivity contribution in [2.45, 2.75) is 243 Å². The molecular weight excluding hydrogens is 585 g/mol. The molecule has 0 nitrogen and oxygen atoms in total. The third kappa shape index (κ3) is 65.4. The second-order valence-electron chi connectivity index (χ2n) is 17.2. The van der Waals surface area contributed by atoms with Crippen LogP contribution in [0.25, 0.3) is 0 Å². The van der Waals surface area contributed by atoms with Crippen LogP contribution in [0.4, 0.5) is 0 Å². The molecule has 0 rings (SSSR count). The zero-order valence-corrected chi connectivity index (χ0v) is 35.9. The molecule has 5 atom stereocenters. The highest BCUT2D eigenvalue weighted by molar-refractivity contribution is 7.59. The quantitative estimate of drug-likeness (QED) is 0.105. The van der Waals surface area contributed by atoms with Gasteiger partial charge in [0.25, 0.3) is 0 Å². The summed E-state index contributed by atoms with van der Waals surface area (Å²) in [6, 6.07) is 0. The minimum atomic E-state index is 0. The van der Waals surface area contributed by atoms with E-state index in [0.717, 1.165) is 59.2 Å². The molecule has 0 saturated heterocycles. The largest absolute Gasteiger partial charge is 0.197 e. The van der Waals surface area contributed by atoms with Crippen molar-refractivity contribution < 1.29 is 0 Å². The second-order valence-corrected chi connectivity index (χ2v) is 17.2. The van der Waals surface area contributed by atoms with E-state index >= 15 is 0 Å². The maximum Gasteiger partial charge on any atom is -0.0415 e. The average molecular weight is 693 g/mol. The van der Waals surface area contributed by atoms with Crippen LogP contribution in [-0.2, 0) is 0 Å². The van der Waals surface area contributed by atoms with Crippen LogP contribution in [0.5, 0.6) is 0 Å². The average Bonchev–Trinajstić information content (AvgIpc) is 2.85. The van der Waals surface area contributed by atoms with Crippen molar-refractivity contribution in [1.29, 1.82) is 0 Å². The van der Waals surface area contributed by atoms with Crippen LogP contribution in [0.2, 0.25) is 0 Å². The molecule has 1 heteroatoms. The summed E-state index contributed by atoms with van der Waals surface area (Å²) in [6.45, 7) is 41.8. The van der Waals surface area contributed by atoms with Gasteiger partial charge in [-0.05, 0) is 78.4 Å². The SMILES string of the molecule is C.C.C.CC(C)CC(C)C.CCCC(C)CC(C)C.CCCC(C)CCC(C)C(C)CC(C)C.CCCC(C)CCCCC(C)C.S. The van der Waals surface area contributed by atoms with E-state index in [4.69, 9.17) is 0 Å². The standard InChI is InChI=1S/C15H32.C12H26.C9H20.C7H16.3CH4.H2S/c1-7-8-13(4)9-10-14(5)15(6)11-12(2)3;1-5-8-12(4)10-7-6-9-11(2)3;1-5-6-9(4)7-8(2)3;1-6(2)5-7(3)4;;;;/h12-15H,7-11H2,1-6H3;11-12H,5-10H2,1-4H3;8-9H,5-7H2,1-4H3;6-7H,5H2,1-4H3;3*1H4;1H2. The minimum Gasteiger partial charge on any atom is -0.197 e. The van der Waals surface area contributed by atoms with Crippen LogP contribution in [0, 0.1) is 59.2 Å². The van der Waals surface area contributed by atoms with Crippen LogP contribution in [-0.4, -0.2) is 0 Å². The summed E-state index contributed by atoms with van der Waals surface area (Å²) in [7, 11) is 0. The summed E-state index contributed by atoms with van der Waals surface area (Å²) in [5, 5.41) is 0. The molecule has 0 heterocycles. The fourth-order valence-electron chi connectivity index (χ4n) is 6.49. The van der Waals surface area contributed by atoms with Crippen LogP contribution in [0.1, 0.15) is 243 Å². The van der Waals surface area contributed by atoms with Crippen LogP contribution in [0.3, 0.4) is 0 Å². The Morgan fingerprint density at radius 3 is 0.957 bits per heavy atom. The van der Waals surface area contributed by atoms with Crippen molar-refractivity contribution in [3.8, 4) is 0 Å². The van der Waals surface area contributed by atoms with E-state index in [-0.39, 0.29) is 35.8 Å². The third-order valence-electron chi connectivity index (χ3n) is 8.82. The molecule has 0 aliphatic rings. The Bertz CT molecular complexity index is 485. The molecule has 0 spiro atoms. The third-order valence-corrected chi connectivity index (χ3v) is 8.82. The van der Waals surface area contributed by atoms with E-state index in [1.165, 1.54) is 96.3 Å². The number of hydrogen-bond acceptors (Lipinski definition) is 0. The van der Waals surface area contributed by atoms with Crippen molar-refractivity contribution in [1.82, 2.24) is 0 Å². The fraction of sp³-hybridized carbons (Fsp3) is 1.00. The van der Waals surface area contributed by atoms with Gasteiger partial charge < -0.3 is 0 Å². The molecule has 0 aliphatic heterocycles. The summed E-state index contributed by atoms with van der Waals surface area (Å²) in [5.74, 6) is 9.03. The van der Waals surface area contributed by atoms with Gasteiger partial charge in [0.05, 0.1) is 0 Å². The van der Waals surface area contributed by atoms with Crippen LogP contribution >= 0.6 is 13.5 Å². The topological polar surface area (TPSA) is 0 Å². The first kappa shape index (κ1) is 65.7. The monoisotopic (exact) mass is 693 g/mol. The van der Waals surface area contributed by atoms with Gasteiger partial charge in [0.15, 0.2) is 0 Å². The number of unbranched alkanes of at least 4 members (excludes halogenated alkanes) is 1. The smallest absolute Gasteiger partial charge is 0.0415 e. The molecule has 5 unspecified atom stereocenters. The van der Waals surface area contributed by atoms with E-state index < -0.39 is 0 Å². The zero-order valence-electron chi connectivity index (χ0n) is 34.9. The Morgan fingerprint density at radius 2 is 0.638 bits per heavy atom. The lowest BCUT2D eigenvalue weighted by molar-refractivity contribution is 0.286. The minimum absolute atomic E-state index is 0. The van der Waals surface area contributed by atoms with Gasteiger partial charge in [0.2, 0.25) is 0 Å². The first-order valence-corrected chi connectivity index (χ1v) is 19.9. The Labute approximate surface area is 314 Å². The van der Waals surface area contributed by atoms with E-state index in [9.17, 15) is 0 Å². The molecule has 0 radical (unpaired) electrons. The highest BCUT2D eigenvalue weighted by Gasteiger charge is 2.14. The van der Waals surface area contributed by atoms with Gasteiger partial charge in [-0.1, -0.05) is 224 Å². The summed E-state index contributed by atoms with van der Waals surface area (Å²) >= 11 is 0. The van der Waals surface area contributed by atoms with Crippen molar-refractivity contribution >= 4 is 13.5 Å². The molecule has 0 aromatic rings. The molecule has 0 aromatic carbocycles. The molecule has 0 aromatic heterocycles. The Hall–Kier alpha value is 0.350. The van der Waals surface area contributed by atoms with Gasteiger partial charge in [-0.25, -0.2) is 0 Å². The molecule has 0 fully saturated rings. The zero-order chi connectivity index (χ0) is 34.4. The molecule has 0 bridgehead atoms. The van der Waals surface area contributed by atoms with Crippen LogP contribution < -0.4 is 0 Å². The Morgan fingerprint density at radius 1 is 0.298 bits per heavy atom. The maximum atomic E-state index is 2.44. The number of rotatable bonds is 21. The highest BCUT2D eigenvalue weighted by atomic mass is 32.1. The van der Waals surface area contributed by atoms with Crippen LogP contribution in [0.15, 0.2) is 0 Å². The van der Waals surface area contributed by atoms with E-state index in [0.29, 0.717) is 0 Å². The molecule has 0 saturated carbocycles. The molecule has 0 aliphatic carbocycles. The summed E-state index contributed by atoms with van der Waals surface area (Å²) in [5.41, 5.74) is 0. The van der Waals surface area contributed by atoms with Gasteiger partial charge >= 0.3 is 0 Å². The lowest BCUT2D eigenvalue weighted by atomic mass is 9.83. The lowest BCUT2D eigenvalue weighted by Crippen LogP contribution is -2.12. The van der Waals surface area contributed by atoms with E-state index in [1.54, 1.807) is 0 Å². The maximum absolute atomic E-state index is 2.44. The lowest BCUT2D eigenvalue weighted by Gasteiger charge is -2.23. The Balaban J connectivity index is -0.0000000723.